The van der Waals surface area contributed by atoms with E-state index in [9.17, 15) is 14.0 Å². The summed E-state index contributed by atoms with van der Waals surface area (Å²) in [5, 5.41) is 0.352. The molecule has 1 aliphatic heterocycles. The third kappa shape index (κ3) is 5.13. The fourth-order valence-electron chi connectivity index (χ4n) is 4.09. The lowest BCUT2D eigenvalue weighted by Crippen LogP contribution is -2.42. The number of amides is 1. The maximum atomic E-state index is 13.7. The molecule has 2 heterocycles. The number of carbonyl (C=O) groups is 1. The maximum absolute atomic E-state index is 13.7. The molecular weight excluding hydrogens is 465 g/mol. The smallest absolute Gasteiger partial charge is 0.262 e. The minimum absolute atomic E-state index is 0.0414. The number of nitrogens with zero attached hydrogens (tertiary/aromatic N) is 3. The van der Waals surface area contributed by atoms with Gasteiger partial charge in [0.25, 0.3) is 5.56 Å². The lowest BCUT2D eigenvalue weighted by Gasteiger charge is -2.30. The van der Waals surface area contributed by atoms with E-state index in [0.717, 1.165) is 11.1 Å². The molecule has 0 spiro atoms. The van der Waals surface area contributed by atoms with Crippen LogP contribution in [0.1, 0.15) is 16.4 Å². The Bertz CT molecular complexity index is 1390. The fourth-order valence-corrected chi connectivity index (χ4v) is 5.27. The number of morpholine rings is 1. The van der Waals surface area contributed by atoms with Crippen molar-refractivity contribution in [2.24, 2.45) is 0 Å². The fraction of sp³-hybridized carbons (Fsp3) is 0.222. The van der Waals surface area contributed by atoms with E-state index >= 15 is 0 Å². The predicted octanol–water partition coefficient (Wildman–Crippen LogP) is 4.28. The van der Waals surface area contributed by atoms with Crippen LogP contribution in [0.15, 0.2) is 88.8 Å². The number of para-hydroxylation sites is 1. The molecule has 1 aromatic heterocycles. The second-order valence-corrected chi connectivity index (χ2v) is 9.35. The van der Waals surface area contributed by atoms with Crippen LogP contribution >= 0.6 is 11.8 Å². The topological polar surface area (TPSA) is 64.4 Å². The number of benzene rings is 3. The van der Waals surface area contributed by atoms with E-state index in [0.29, 0.717) is 42.4 Å². The van der Waals surface area contributed by atoms with Gasteiger partial charge in [-0.2, -0.15) is 0 Å². The van der Waals surface area contributed by atoms with Crippen LogP contribution in [0.5, 0.6) is 0 Å². The zero-order valence-corrected chi connectivity index (χ0v) is 19.8. The molecule has 3 aromatic carbocycles. The Balaban J connectivity index is 1.59. The summed E-state index contributed by atoms with van der Waals surface area (Å²) < 4.78 is 20.5. The summed E-state index contributed by atoms with van der Waals surface area (Å²) in [6, 6.07) is 22.8. The highest BCUT2D eigenvalue weighted by Gasteiger charge is 2.30. The minimum atomic E-state index is -0.582. The average molecular weight is 490 g/mol. The maximum Gasteiger partial charge on any atom is 0.262 e. The van der Waals surface area contributed by atoms with Gasteiger partial charge in [0, 0.05) is 13.1 Å². The Morgan fingerprint density at radius 3 is 2.40 bits per heavy atom. The summed E-state index contributed by atoms with van der Waals surface area (Å²) >= 11 is 1.27. The molecular formula is C27H24FN3O3S. The second kappa shape index (κ2) is 10.4. The number of rotatable bonds is 6. The van der Waals surface area contributed by atoms with E-state index in [1.54, 1.807) is 39.8 Å². The van der Waals surface area contributed by atoms with Crippen LogP contribution in [0.25, 0.3) is 10.9 Å². The van der Waals surface area contributed by atoms with Gasteiger partial charge in [-0.15, -0.1) is 0 Å². The SMILES string of the molecule is O=C(C(Sc1nc2ccccc2c(=O)n1Cc1ccc(F)cc1)c1ccccc1)N1CCOCC1. The Morgan fingerprint density at radius 1 is 0.971 bits per heavy atom. The molecule has 35 heavy (non-hydrogen) atoms. The van der Waals surface area contributed by atoms with Crippen LogP contribution in [0.2, 0.25) is 0 Å². The summed E-state index contributed by atoms with van der Waals surface area (Å²) in [4.78, 5) is 33.8. The Kier molecular flexibility index (Phi) is 6.92. The zero-order chi connectivity index (χ0) is 24.2. The minimum Gasteiger partial charge on any atom is -0.378 e. The van der Waals surface area contributed by atoms with Gasteiger partial charge in [-0.1, -0.05) is 66.4 Å². The second-order valence-electron chi connectivity index (χ2n) is 8.28. The highest BCUT2D eigenvalue weighted by Crippen LogP contribution is 2.36. The highest BCUT2D eigenvalue weighted by molar-refractivity contribution is 8.00. The summed E-state index contributed by atoms with van der Waals surface area (Å²) in [7, 11) is 0. The number of carbonyl (C=O) groups excluding carboxylic acids is 1. The van der Waals surface area contributed by atoms with Crippen molar-refractivity contribution in [1.29, 1.82) is 0 Å². The van der Waals surface area contributed by atoms with Crippen LogP contribution in [0.4, 0.5) is 4.39 Å². The molecule has 1 amide bonds. The van der Waals surface area contributed by atoms with Crippen LogP contribution in [-0.2, 0) is 16.1 Å². The molecule has 0 bridgehead atoms. The zero-order valence-electron chi connectivity index (χ0n) is 19.0. The van der Waals surface area contributed by atoms with Gasteiger partial charge in [0.2, 0.25) is 5.91 Å². The standard InChI is InChI=1S/C27H24FN3O3S/c28-21-12-10-19(11-13-21)18-31-25(32)22-8-4-5-9-23(22)29-27(31)35-24(20-6-2-1-3-7-20)26(33)30-14-16-34-17-15-30/h1-13,24H,14-18H2. The number of halogens is 1. The largest absolute Gasteiger partial charge is 0.378 e. The van der Waals surface area contributed by atoms with Gasteiger partial charge in [-0.25, -0.2) is 9.37 Å². The number of hydrogen-bond donors (Lipinski definition) is 0. The third-order valence-electron chi connectivity index (χ3n) is 5.95. The van der Waals surface area contributed by atoms with Crippen LogP contribution in [-0.4, -0.2) is 46.7 Å². The van der Waals surface area contributed by atoms with Crippen molar-refractivity contribution in [2.45, 2.75) is 17.0 Å². The van der Waals surface area contributed by atoms with Crippen molar-refractivity contribution >= 4 is 28.6 Å². The molecule has 178 valence electrons. The molecule has 1 saturated heterocycles. The molecule has 4 aromatic rings. The Hall–Kier alpha value is -3.49. The summed E-state index contributed by atoms with van der Waals surface area (Å²) in [6.07, 6.45) is 0. The van der Waals surface area contributed by atoms with Gasteiger partial charge in [-0.3, -0.25) is 14.2 Å². The van der Waals surface area contributed by atoms with Gasteiger partial charge in [0.05, 0.1) is 30.7 Å². The first-order valence-electron chi connectivity index (χ1n) is 11.4. The average Bonchev–Trinajstić information content (AvgIpc) is 2.91. The number of aromatic nitrogens is 2. The van der Waals surface area contributed by atoms with E-state index in [1.807, 2.05) is 36.4 Å². The van der Waals surface area contributed by atoms with Gasteiger partial charge in [0.1, 0.15) is 11.1 Å². The molecule has 0 radical (unpaired) electrons. The highest BCUT2D eigenvalue weighted by atomic mass is 32.2. The number of fused-ring (bicyclic) bond motifs is 1. The van der Waals surface area contributed by atoms with E-state index in [4.69, 9.17) is 9.72 Å². The lowest BCUT2D eigenvalue weighted by molar-refractivity contribution is -0.134. The first-order chi connectivity index (χ1) is 17.1. The van der Waals surface area contributed by atoms with Gasteiger partial charge in [-0.05, 0) is 35.4 Å². The molecule has 0 saturated carbocycles. The summed E-state index contributed by atoms with van der Waals surface area (Å²) in [5.74, 6) is -0.382. The molecule has 1 atom stereocenters. The van der Waals surface area contributed by atoms with Gasteiger partial charge < -0.3 is 9.64 Å². The van der Waals surface area contributed by atoms with Gasteiger partial charge >= 0.3 is 0 Å². The predicted molar refractivity (Wildman–Crippen MR) is 134 cm³/mol. The monoisotopic (exact) mass is 489 g/mol. The van der Waals surface area contributed by atoms with E-state index in [-0.39, 0.29) is 23.8 Å². The van der Waals surface area contributed by atoms with Crippen molar-refractivity contribution in [3.63, 3.8) is 0 Å². The number of hydrogen-bond acceptors (Lipinski definition) is 5. The first-order valence-corrected chi connectivity index (χ1v) is 12.3. The number of ether oxygens (including phenoxy) is 1. The van der Waals surface area contributed by atoms with Crippen LogP contribution in [0.3, 0.4) is 0 Å². The van der Waals surface area contributed by atoms with E-state index in [1.165, 1.54) is 23.9 Å². The summed E-state index contributed by atoms with van der Waals surface area (Å²) in [5.41, 5.74) is 1.97. The Morgan fingerprint density at radius 2 is 1.66 bits per heavy atom. The summed E-state index contributed by atoms with van der Waals surface area (Å²) in [6.45, 7) is 2.27. The molecule has 5 rings (SSSR count). The quantitative estimate of drug-likeness (QED) is 0.299. The van der Waals surface area contributed by atoms with Gasteiger partial charge in [0.15, 0.2) is 5.16 Å². The molecule has 1 unspecified atom stereocenters. The van der Waals surface area contributed by atoms with Crippen LogP contribution in [0, 0.1) is 5.82 Å². The number of thioether (sulfide) groups is 1. The Labute approximate surface area is 206 Å². The van der Waals surface area contributed by atoms with Crippen molar-refractivity contribution in [3.05, 3.63) is 106 Å². The molecule has 1 fully saturated rings. The normalized spacial score (nSPS) is 14.7. The first kappa shape index (κ1) is 23.3. The van der Waals surface area contributed by atoms with Crippen molar-refractivity contribution in [1.82, 2.24) is 14.5 Å². The third-order valence-corrected chi connectivity index (χ3v) is 7.19. The van der Waals surface area contributed by atoms with Crippen molar-refractivity contribution in [3.8, 4) is 0 Å². The molecule has 0 N–H and O–H groups in total. The molecule has 8 heteroatoms. The molecule has 6 nitrogen and oxygen atoms in total. The molecule has 0 aliphatic carbocycles. The van der Waals surface area contributed by atoms with E-state index < -0.39 is 5.25 Å². The van der Waals surface area contributed by atoms with Crippen LogP contribution < -0.4 is 5.56 Å². The van der Waals surface area contributed by atoms with Crippen molar-refractivity contribution in [2.75, 3.05) is 26.3 Å². The lowest BCUT2D eigenvalue weighted by atomic mass is 10.1. The van der Waals surface area contributed by atoms with E-state index in [2.05, 4.69) is 0 Å². The molecule has 1 aliphatic rings. The van der Waals surface area contributed by atoms with Crippen molar-refractivity contribution < 1.29 is 13.9 Å².